The fraction of sp³-hybridized carbons (Fsp3) is 0.333. The van der Waals surface area contributed by atoms with E-state index < -0.39 is 24.0 Å². The molecule has 0 fully saturated rings. The molecule has 1 rings (SSSR count). The van der Waals surface area contributed by atoms with Crippen LogP contribution in [0.5, 0.6) is 0 Å². The lowest BCUT2D eigenvalue weighted by atomic mass is 10.0. The lowest BCUT2D eigenvalue weighted by molar-refractivity contribution is -0.130. The predicted octanol–water partition coefficient (Wildman–Crippen LogP) is 0.457. The number of rotatable bonds is 4. The van der Waals surface area contributed by atoms with Gasteiger partial charge in [-0.05, 0) is 24.6 Å². The molecule has 5 heteroatoms. The second-order valence-corrected chi connectivity index (χ2v) is 3.61. The number of ether oxygens (including phenoxy) is 1. The van der Waals surface area contributed by atoms with E-state index in [1.807, 2.05) is 0 Å². The van der Waals surface area contributed by atoms with E-state index in [0.29, 0.717) is 11.1 Å². The summed E-state index contributed by atoms with van der Waals surface area (Å²) in [4.78, 5) is 22.0. The second kappa shape index (κ2) is 5.56. The molecular formula is C12H14O5. The molecule has 92 valence electrons. The van der Waals surface area contributed by atoms with Crippen LogP contribution in [0.15, 0.2) is 24.3 Å². The van der Waals surface area contributed by atoms with Crippen LogP contribution in [-0.2, 0) is 9.53 Å². The molecule has 0 aromatic heterocycles. The second-order valence-electron chi connectivity index (χ2n) is 3.61. The molecule has 0 saturated carbocycles. The van der Waals surface area contributed by atoms with E-state index in [4.69, 9.17) is 0 Å². The van der Waals surface area contributed by atoms with Crippen LogP contribution in [0, 0.1) is 0 Å². The van der Waals surface area contributed by atoms with Gasteiger partial charge in [-0.15, -0.1) is 0 Å². The van der Waals surface area contributed by atoms with E-state index in [-0.39, 0.29) is 0 Å². The predicted molar refractivity (Wildman–Crippen MR) is 59.4 cm³/mol. The van der Waals surface area contributed by atoms with Crippen LogP contribution in [0.2, 0.25) is 0 Å². The summed E-state index contributed by atoms with van der Waals surface area (Å²) in [6.07, 6.45) is -2.75. The Labute approximate surface area is 98.6 Å². The zero-order chi connectivity index (χ0) is 13.0. The highest BCUT2D eigenvalue weighted by molar-refractivity contribution is 5.89. The first-order chi connectivity index (χ1) is 7.97. The van der Waals surface area contributed by atoms with Gasteiger partial charge < -0.3 is 14.9 Å². The number of methoxy groups -OCH3 is 1. The number of ketones is 1. The first-order valence-electron chi connectivity index (χ1n) is 5.02. The Morgan fingerprint density at radius 2 is 1.71 bits per heavy atom. The lowest BCUT2D eigenvalue weighted by Gasteiger charge is -2.15. The minimum absolute atomic E-state index is 0.334. The van der Waals surface area contributed by atoms with Gasteiger partial charge in [0.05, 0.1) is 12.7 Å². The van der Waals surface area contributed by atoms with Gasteiger partial charge in [0.1, 0.15) is 12.2 Å². The quantitative estimate of drug-likeness (QED) is 0.744. The van der Waals surface area contributed by atoms with Crippen LogP contribution in [0.1, 0.15) is 28.9 Å². The number of benzene rings is 1. The summed E-state index contributed by atoms with van der Waals surface area (Å²) in [6.45, 7) is 1.19. The van der Waals surface area contributed by atoms with Crippen LogP contribution in [0.25, 0.3) is 0 Å². The fourth-order valence-electron chi connectivity index (χ4n) is 1.34. The molecule has 0 bridgehead atoms. The minimum Gasteiger partial charge on any atom is -0.465 e. The van der Waals surface area contributed by atoms with Crippen LogP contribution >= 0.6 is 0 Å². The molecule has 0 saturated heterocycles. The van der Waals surface area contributed by atoms with Crippen LogP contribution in [0.4, 0.5) is 0 Å². The average Bonchev–Trinajstić information content (AvgIpc) is 2.36. The van der Waals surface area contributed by atoms with Crippen molar-refractivity contribution in [3.8, 4) is 0 Å². The maximum absolute atomic E-state index is 11.1. The molecule has 17 heavy (non-hydrogen) atoms. The third-order valence-electron chi connectivity index (χ3n) is 2.39. The molecule has 0 aliphatic rings. The summed E-state index contributed by atoms with van der Waals surface area (Å²) in [5.41, 5.74) is 0.695. The van der Waals surface area contributed by atoms with Crippen molar-refractivity contribution in [2.45, 2.75) is 19.1 Å². The van der Waals surface area contributed by atoms with E-state index in [9.17, 15) is 19.8 Å². The summed E-state index contributed by atoms with van der Waals surface area (Å²) in [7, 11) is 1.27. The van der Waals surface area contributed by atoms with Crippen molar-refractivity contribution < 1.29 is 24.5 Å². The van der Waals surface area contributed by atoms with Crippen molar-refractivity contribution in [1.82, 2.24) is 0 Å². The highest BCUT2D eigenvalue weighted by Gasteiger charge is 2.22. The molecule has 0 spiro atoms. The minimum atomic E-state index is -1.46. The van der Waals surface area contributed by atoms with Crippen molar-refractivity contribution in [3.63, 3.8) is 0 Å². The molecule has 0 aliphatic carbocycles. The lowest BCUT2D eigenvalue weighted by Crippen LogP contribution is -2.25. The molecule has 0 heterocycles. The number of aliphatic hydroxyl groups is 2. The first-order valence-corrected chi connectivity index (χ1v) is 5.02. The van der Waals surface area contributed by atoms with Crippen LogP contribution < -0.4 is 0 Å². The molecule has 2 N–H and O–H groups in total. The van der Waals surface area contributed by atoms with Crippen molar-refractivity contribution in [2.75, 3.05) is 7.11 Å². The SMILES string of the molecule is COC(=O)c1ccc([C@H](O)[C@@H](O)C(C)=O)cc1. The van der Waals surface area contributed by atoms with E-state index in [1.165, 1.54) is 38.3 Å². The van der Waals surface area contributed by atoms with Gasteiger partial charge in [0.25, 0.3) is 0 Å². The third-order valence-corrected chi connectivity index (χ3v) is 2.39. The highest BCUT2D eigenvalue weighted by Crippen LogP contribution is 2.18. The van der Waals surface area contributed by atoms with Gasteiger partial charge in [-0.3, -0.25) is 4.79 Å². The summed E-state index contributed by atoms with van der Waals surface area (Å²) in [5.74, 6) is -1.01. The Bertz CT molecular complexity index is 409. The Hall–Kier alpha value is -1.72. The molecular weight excluding hydrogens is 224 g/mol. The average molecular weight is 238 g/mol. The fourth-order valence-corrected chi connectivity index (χ4v) is 1.34. The van der Waals surface area contributed by atoms with E-state index in [0.717, 1.165) is 0 Å². The van der Waals surface area contributed by atoms with E-state index in [1.54, 1.807) is 0 Å². The number of Topliss-reactive ketones (excluding diaryl/α,β-unsaturated/α-hetero) is 1. The zero-order valence-corrected chi connectivity index (χ0v) is 9.58. The maximum atomic E-state index is 11.1. The number of aliphatic hydroxyl groups excluding tert-OH is 2. The standard InChI is InChI=1S/C12H14O5/c1-7(13)10(14)11(15)8-3-5-9(6-4-8)12(16)17-2/h3-6,10-11,14-15H,1-2H3/t10-,11-/m0/s1. The van der Waals surface area contributed by atoms with Gasteiger partial charge in [-0.1, -0.05) is 12.1 Å². The van der Waals surface area contributed by atoms with Gasteiger partial charge in [-0.2, -0.15) is 0 Å². The largest absolute Gasteiger partial charge is 0.465 e. The van der Waals surface area contributed by atoms with Crippen molar-refractivity contribution in [1.29, 1.82) is 0 Å². The molecule has 2 atom stereocenters. The number of carbonyl (C=O) groups excluding carboxylic acids is 2. The number of hydrogen-bond donors (Lipinski definition) is 2. The molecule has 0 amide bonds. The van der Waals surface area contributed by atoms with Crippen molar-refractivity contribution in [3.05, 3.63) is 35.4 Å². The smallest absolute Gasteiger partial charge is 0.337 e. The molecule has 1 aromatic rings. The van der Waals surface area contributed by atoms with Crippen LogP contribution in [-0.4, -0.2) is 35.2 Å². The molecule has 0 radical (unpaired) electrons. The Morgan fingerprint density at radius 3 is 2.12 bits per heavy atom. The number of hydrogen-bond acceptors (Lipinski definition) is 5. The number of esters is 1. The van der Waals surface area contributed by atoms with E-state index >= 15 is 0 Å². The number of carbonyl (C=O) groups is 2. The summed E-state index contributed by atoms with van der Waals surface area (Å²) in [6, 6.07) is 5.83. The zero-order valence-electron chi connectivity index (χ0n) is 9.58. The Kier molecular flexibility index (Phi) is 4.37. The van der Waals surface area contributed by atoms with Crippen LogP contribution in [0.3, 0.4) is 0 Å². The Balaban J connectivity index is 2.87. The monoisotopic (exact) mass is 238 g/mol. The summed E-state index contributed by atoms with van der Waals surface area (Å²) in [5, 5.41) is 19.0. The Morgan fingerprint density at radius 1 is 1.18 bits per heavy atom. The summed E-state index contributed by atoms with van der Waals surface area (Å²) >= 11 is 0. The highest BCUT2D eigenvalue weighted by atomic mass is 16.5. The van der Waals surface area contributed by atoms with Gasteiger partial charge in [0.15, 0.2) is 5.78 Å². The van der Waals surface area contributed by atoms with Gasteiger partial charge in [-0.25, -0.2) is 4.79 Å². The molecule has 5 nitrogen and oxygen atoms in total. The van der Waals surface area contributed by atoms with E-state index in [2.05, 4.69) is 4.74 Å². The van der Waals surface area contributed by atoms with Crippen molar-refractivity contribution >= 4 is 11.8 Å². The summed E-state index contributed by atoms with van der Waals surface area (Å²) < 4.78 is 4.52. The molecule has 0 aliphatic heterocycles. The topological polar surface area (TPSA) is 83.8 Å². The normalized spacial score (nSPS) is 13.9. The van der Waals surface area contributed by atoms with Gasteiger partial charge in [0.2, 0.25) is 0 Å². The van der Waals surface area contributed by atoms with Gasteiger partial charge in [0, 0.05) is 0 Å². The molecule has 0 unspecified atom stereocenters. The van der Waals surface area contributed by atoms with Crippen molar-refractivity contribution in [2.24, 2.45) is 0 Å². The first kappa shape index (κ1) is 13.3. The van der Waals surface area contributed by atoms with Gasteiger partial charge >= 0.3 is 5.97 Å². The molecule has 1 aromatic carbocycles. The maximum Gasteiger partial charge on any atom is 0.337 e. The third kappa shape index (κ3) is 3.12.